The van der Waals surface area contributed by atoms with Crippen LogP contribution in [0.2, 0.25) is 0 Å². The summed E-state index contributed by atoms with van der Waals surface area (Å²) in [4.78, 5) is 14.6. The Kier molecular flexibility index (Phi) is 3.20. The fourth-order valence-corrected chi connectivity index (χ4v) is 3.37. The fourth-order valence-electron chi connectivity index (χ4n) is 3.37. The highest BCUT2D eigenvalue weighted by atomic mass is 16.7. The average molecular weight is 300 g/mol. The second kappa shape index (κ2) is 5.11. The second-order valence-corrected chi connectivity index (χ2v) is 6.20. The van der Waals surface area contributed by atoms with Crippen LogP contribution in [0.5, 0.6) is 0 Å². The monoisotopic (exact) mass is 300 g/mol. The third-order valence-electron chi connectivity index (χ3n) is 4.56. The number of fused-ring (bicyclic) bond motifs is 1. The van der Waals surface area contributed by atoms with E-state index < -0.39 is 5.79 Å². The Morgan fingerprint density at radius 2 is 2.14 bits per heavy atom. The predicted molar refractivity (Wildman–Crippen MR) is 81.8 cm³/mol. The van der Waals surface area contributed by atoms with E-state index in [1.54, 1.807) is 0 Å². The Morgan fingerprint density at radius 1 is 1.32 bits per heavy atom. The van der Waals surface area contributed by atoms with Crippen LogP contribution in [0.3, 0.4) is 0 Å². The summed E-state index contributed by atoms with van der Waals surface area (Å²) in [6.45, 7) is 4.04. The van der Waals surface area contributed by atoms with Gasteiger partial charge < -0.3 is 18.8 Å². The second-order valence-electron chi connectivity index (χ2n) is 6.20. The zero-order valence-electron chi connectivity index (χ0n) is 12.7. The summed E-state index contributed by atoms with van der Waals surface area (Å²) < 4.78 is 13.7. The highest BCUT2D eigenvalue weighted by Crippen LogP contribution is 2.34. The van der Waals surface area contributed by atoms with Crippen molar-refractivity contribution in [2.24, 2.45) is 0 Å². The predicted octanol–water partition coefficient (Wildman–Crippen LogP) is 2.31. The van der Waals surface area contributed by atoms with Gasteiger partial charge in [0.1, 0.15) is 0 Å². The van der Waals surface area contributed by atoms with Crippen molar-refractivity contribution in [2.75, 3.05) is 19.7 Å². The van der Waals surface area contributed by atoms with Gasteiger partial charge in [0, 0.05) is 43.8 Å². The van der Waals surface area contributed by atoms with E-state index in [0.29, 0.717) is 19.7 Å². The van der Waals surface area contributed by atoms with Gasteiger partial charge in [0.05, 0.1) is 18.3 Å². The molecule has 0 saturated carbocycles. The third kappa shape index (κ3) is 2.30. The quantitative estimate of drug-likeness (QED) is 0.811. The van der Waals surface area contributed by atoms with Crippen LogP contribution in [0.1, 0.15) is 30.1 Å². The highest BCUT2D eigenvalue weighted by molar-refractivity contribution is 5.95. The first kappa shape index (κ1) is 13.8. The summed E-state index contributed by atoms with van der Waals surface area (Å²) >= 11 is 0. The smallest absolute Gasteiger partial charge is 0.255 e. The van der Waals surface area contributed by atoms with Gasteiger partial charge in [-0.15, -0.1) is 0 Å². The number of ether oxygens (including phenoxy) is 2. The van der Waals surface area contributed by atoms with Gasteiger partial charge in [-0.25, -0.2) is 0 Å². The van der Waals surface area contributed by atoms with Gasteiger partial charge in [-0.05, 0) is 25.1 Å². The van der Waals surface area contributed by atoms with Gasteiger partial charge in [0.15, 0.2) is 5.79 Å². The Bertz CT molecular complexity index is 668. The van der Waals surface area contributed by atoms with Crippen molar-refractivity contribution in [2.45, 2.75) is 31.7 Å². The van der Waals surface area contributed by atoms with E-state index in [4.69, 9.17) is 9.47 Å². The molecule has 2 aromatic heterocycles. The molecular formula is C17H20N2O3. The number of aromatic nitrogens is 1. The zero-order chi connectivity index (χ0) is 15.2. The molecule has 2 saturated heterocycles. The van der Waals surface area contributed by atoms with Crippen molar-refractivity contribution in [3.63, 3.8) is 0 Å². The summed E-state index contributed by atoms with van der Waals surface area (Å²) in [5, 5.41) is 0. The van der Waals surface area contributed by atoms with Crippen molar-refractivity contribution in [3.8, 4) is 0 Å². The minimum Gasteiger partial charge on any atom is -0.347 e. The summed E-state index contributed by atoms with van der Waals surface area (Å²) in [5.74, 6) is -0.369. The first-order valence-electron chi connectivity index (χ1n) is 7.83. The molecular weight excluding hydrogens is 280 g/mol. The Labute approximate surface area is 129 Å². The molecule has 0 aliphatic carbocycles. The molecule has 1 atom stereocenters. The van der Waals surface area contributed by atoms with Crippen LogP contribution in [0.25, 0.3) is 5.52 Å². The van der Waals surface area contributed by atoms with E-state index in [1.165, 1.54) is 0 Å². The number of likely N-dealkylation sites (tertiary alicyclic amines) is 1. The van der Waals surface area contributed by atoms with Crippen LogP contribution < -0.4 is 0 Å². The zero-order valence-corrected chi connectivity index (χ0v) is 12.7. The Morgan fingerprint density at radius 3 is 2.82 bits per heavy atom. The normalized spacial score (nSPS) is 24.2. The molecule has 5 nitrogen and oxygen atoms in total. The lowest BCUT2D eigenvalue weighted by molar-refractivity contribution is -0.189. The molecule has 5 heteroatoms. The molecule has 4 rings (SSSR count). The first-order valence-corrected chi connectivity index (χ1v) is 7.83. The molecule has 0 N–H and O–H groups in total. The number of amides is 1. The van der Waals surface area contributed by atoms with Gasteiger partial charge in [-0.3, -0.25) is 4.79 Å². The fraction of sp³-hybridized carbons (Fsp3) is 0.471. The molecule has 22 heavy (non-hydrogen) atoms. The Balaban J connectivity index is 1.48. The van der Waals surface area contributed by atoms with Crippen LogP contribution in [0.15, 0.2) is 36.7 Å². The first-order chi connectivity index (χ1) is 10.7. The van der Waals surface area contributed by atoms with Crippen LogP contribution in [0, 0.1) is 0 Å². The maximum Gasteiger partial charge on any atom is 0.255 e. The number of hydrogen-bond acceptors (Lipinski definition) is 3. The average Bonchev–Trinajstić information content (AvgIpc) is 3.11. The number of piperidine rings is 1. The molecule has 1 amide bonds. The van der Waals surface area contributed by atoms with Crippen molar-refractivity contribution in [1.82, 2.24) is 9.30 Å². The lowest BCUT2D eigenvalue weighted by Gasteiger charge is -2.37. The molecule has 0 aromatic carbocycles. The molecule has 2 aliphatic rings. The van der Waals surface area contributed by atoms with E-state index in [1.807, 2.05) is 52.9 Å². The van der Waals surface area contributed by atoms with E-state index >= 15 is 0 Å². The molecule has 4 heterocycles. The third-order valence-corrected chi connectivity index (χ3v) is 4.56. The van der Waals surface area contributed by atoms with E-state index in [9.17, 15) is 4.79 Å². The molecule has 1 spiro atoms. The number of rotatable bonds is 1. The van der Waals surface area contributed by atoms with Crippen LogP contribution in [-0.4, -0.2) is 46.8 Å². The summed E-state index contributed by atoms with van der Waals surface area (Å²) in [6.07, 6.45) is 5.50. The molecule has 2 aromatic rings. The van der Waals surface area contributed by atoms with Gasteiger partial charge in [0.2, 0.25) is 0 Å². The van der Waals surface area contributed by atoms with Gasteiger partial charge >= 0.3 is 0 Å². The van der Waals surface area contributed by atoms with Crippen LogP contribution in [-0.2, 0) is 9.47 Å². The van der Waals surface area contributed by atoms with E-state index in [-0.39, 0.29) is 12.0 Å². The number of pyridine rings is 1. The molecule has 1 unspecified atom stereocenters. The molecule has 2 aliphatic heterocycles. The van der Waals surface area contributed by atoms with Gasteiger partial charge in [-0.1, -0.05) is 6.07 Å². The number of nitrogens with zero attached hydrogens (tertiary/aromatic N) is 2. The topological polar surface area (TPSA) is 43.2 Å². The lowest BCUT2D eigenvalue weighted by atomic mass is 10.0. The minimum absolute atomic E-state index is 0.0876. The SMILES string of the molecule is CC1COC2(CCN(C(=O)c3cc4ccccn4c3)CC2)O1. The largest absolute Gasteiger partial charge is 0.347 e. The maximum absolute atomic E-state index is 12.7. The molecule has 0 bridgehead atoms. The summed E-state index contributed by atoms with van der Waals surface area (Å²) in [7, 11) is 0. The highest BCUT2D eigenvalue weighted by Gasteiger charge is 2.43. The Hall–Kier alpha value is -1.85. The number of hydrogen-bond donors (Lipinski definition) is 0. The number of carbonyl (C=O) groups excluding carboxylic acids is 1. The van der Waals surface area contributed by atoms with Crippen LogP contribution >= 0.6 is 0 Å². The summed E-state index contributed by atoms with van der Waals surface area (Å²) in [5.41, 5.74) is 1.78. The van der Waals surface area contributed by atoms with E-state index in [2.05, 4.69) is 0 Å². The van der Waals surface area contributed by atoms with Crippen molar-refractivity contribution in [3.05, 3.63) is 42.2 Å². The molecule has 2 fully saturated rings. The lowest BCUT2D eigenvalue weighted by Crippen LogP contribution is -2.47. The van der Waals surface area contributed by atoms with Gasteiger partial charge in [-0.2, -0.15) is 0 Å². The van der Waals surface area contributed by atoms with Crippen molar-refractivity contribution < 1.29 is 14.3 Å². The maximum atomic E-state index is 12.7. The van der Waals surface area contributed by atoms with Crippen molar-refractivity contribution >= 4 is 11.4 Å². The van der Waals surface area contributed by atoms with Crippen molar-refractivity contribution in [1.29, 1.82) is 0 Å². The molecule has 0 radical (unpaired) electrons. The minimum atomic E-state index is -0.457. The van der Waals surface area contributed by atoms with Gasteiger partial charge in [0.25, 0.3) is 5.91 Å². The molecule has 116 valence electrons. The standard InChI is InChI=1S/C17H20N2O3/c1-13-12-21-17(22-13)5-8-18(9-6-17)16(20)14-10-15-4-2-3-7-19(15)11-14/h2-4,7,10-11,13H,5-6,8-9,12H2,1H3. The van der Waals surface area contributed by atoms with Crippen LogP contribution in [0.4, 0.5) is 0 Å². The van der Waals surface area contributed by atoms with E-state index in [0.717, 1.165) is 23.9 Å². The number of carbonyl (C=O) groups is 1. The summed E-state index contributed by atoms with van der Waals surface area (Å²) in [6, 6.07) is 7.88.